The van der Waals surface area contributed by atoms with Gasteiger partial charge in [-0.15, -0.1) is 0 Å². The molecule has 5 nitrogen and oxygen atoms in total. The van der Waals surface area contributed by atoms with Gasteiger partial charge in [0.25, 0.3) is 5.56 Å². The van der Waals surface area contributed by atoms with Crippen LogP contribution < -0.4 is 15.6 Å². The summed E-state index contributed by atoms with van der Waals surface area (Å²) >= 11 is 0. The molecular formula is C15H17N3O2. The summed E-state index contributed by atoms with van der Waals surface area (Å²) in [5, 5.41) is 3.19. The molecule has 2 N–H and O–H groups in total. The van der Waals surface area contributed by atoms with Gasteiger partial charge in [-0.25, -0.2) is 4.98 Å². The Morgan fingerprint density at radius 2 is 2.20 bits per heavy atom. The zero-order chi connectivity index (χ0) is 14.1. The fourth-order valence-corrected chi connectivity index (χ4v) is 2.52. The van der Waals surface area contributed by atoms with Crippen molar-refractivity contribution in [1.82, 2.24) is 15.3 Å². The van der Waals surface area contributed by atoms with Crippen LogP contribution >= 0.6 is 0 Å². The van der Waals surface area contributed by atoms with Gasteiger partial charge in [-0.05, 0) is 30.7 Å². The average Bonchev–Trinajstić information content (AvgIpc) is 2.47. The molecule has 1 aliphatic rings. The molecule has 1 aliphatic heterocycles. The highest BCUT2D eigenvalue weighted by Crippen LogP contribution is 2.24. The van der Waals surface area contributed by atoms with Crippen molar-refractivity contribution in [2.75, 3.05) is 13.7 Å². The molecule has 0 amide bonds. The molecule has 1 aromatic carbocycles. The SMILES string of the molecule is COc1ccc(-c2nc3c(c(=O)[nH]2)CNCC3)cc1C. The van der Waals surface area contributed by atoms with Crippen LogP contribution in [0.3, 0.4) is 0 Å². The second-order valence-electron chi connectivity index (χ2n) is 4.95. The van der Waals surface area contributed by atoms with E-state index in [0.717, 1.165) is 41.1 Å². The number of hydrogen-bond acceptors (Lipinski definition) is 4. The van der Waals surface area contributed by atoms with Crippen LogP contribution in [0.25, 0.3) is 11.4 Å². The quantitative estimate of drug-likeness (QED) is 0.866. The summed E-state index contributed by atoms with van der Waals surface area (Å²) in [5.41, 5.74) is 3.53. The van der Waals surface area contributed by atoms with Gasteiger partial charge in [-0.3, -0.25) is 4.79 Å². The number of hydrogen-bond donors (Lipinski definition) is 2. The molecule has 0 bridgehead atoms. The second kappa shape index (κ2) is 5.09. The number of benzene rings is 1. The van der Waals surface area contributed by atoms with E-state index in [0.29, 0.717) is 12.4 Å². The Bertz CT molecular complexity index is 707. The third-order valence-electron chi connectivity index (χ3n) is 3.61. The van der Waals surface area contributed by atoms with Gasteiger partial charge < -0.3 is 15.0 Å². The van der Waals surface area contributed by atoms with Gasteiger partial charge in [0.1, 0.15) is 11.6 Å². The Morgan fingerprint density at radius 1 is 1.35 bits per heavy atom. The molecule has 0 aliphatic carbocycles. The minimum atomic E-state index is -0.0503. The van der Waals surface area contributed by atoms with Crippen molar-refractivity contribution in [2.24, 2.45) is 0 Å². The molecule has 5 heteroatoms. The standard InChI is InChI=1S/C15H17N3O2/c1-9-7-10(3-4-13(9)20-2)14-17-12-5-6-16-8-11(12)15(19)18-14/h3-4,7,16H,5-6,8H2,1-2H3,(H,17,18,19). The summed E-state index contributed by atoms with van der Waals surface area (Å²) in [7, 11) is 1.65. The van der Waals surface area contributed by atoms with E-state index in [2.05, 4.69) is 15.3 Å². The molecule has 3 rings (SSSR count). The lowest BCUT2D eigenvalue weighted by molar-refractivity contribution is 0.412. The van der Waals surface area contributed by atoms with Gasteiger partial charge in [0.2, 0.25) is 0 Å². The zero-order valence-electron chi connectivity index (χ0n) is 11.6. The number of rotatable bonds is 2. The highest BCUT2D eigenvalue weighted by molar-refractivity contribution is 5.59. The molecule has 0 spiro atoms. The van der Waals surface area contributed by atoms with Crippen LogP contribution in [0.5, 0.6) is 5.75 Å². The van der Waals surface area contributed by atoms with Crippen LogP contribution in [-0.2, 0) is 13.0 Å². The molecular weight excluding hydrogens is 254 g/mol. The van der Waals surface area contributed by atoms with Crippen molar-refractivity contribution >= 4 is 0 Å². The first-order valence-electron chi connectivity index (χ1n) is 6.67. The van der Waals surface area contributed by atoms with Gasteiger partial charge in [-0.2, -0.15) is 0 Å². The predicted octanol–water partition coefficient (Wildman–Crippen LogP) is 1.40. The van der Waals surface area contributed by atoms with Gasteiger partial charge in [0.05, 0.1) is 18.4 Å². The van der Waals surface area contributed by atoms with Gasteiger partial charge in [0.15, 0.2) is 0 Å². The van der Waals surface area contributed by atoms with E-state index in [1.54, 1.807) is 7.11 Å². The summed E-state index contributed by atoms with van der Waals surface area (Å²) < 4.78 is 5.25. The van der Waals surface area contributed by atoms with Crippen LogP contribution in [-0.4, -0.2) is 23.6 Å². The molecule has 0 saturated carbocycles. The maximum Gasteiger partial charge on any atom is 0.255 e. The molecule has 2 aromatic rings. The maximum atomic E-state index is 12.1. The molecule has 2 heterocycles. The number of methoxy groups -OCH3 is 1. The van der Waals surface area contributed by atoms with Crippen molar-refractivity contribution < 1.29 is 4.74 Å². The zero-order valence-corrected chi connectivity index (χ0v) is 11.6. The smallest absolute Gasteiger partial charge is 0.255 e. The molecule has 1 aromatic heterocycles. The minimum absolute atomic E-state index is 0.0503. The normalized spacial score (nSPS) is 13.9. The van der Waals surface area contributed by atoms with E-state index < -0.39 is 0 Å². The first kappa shape index (κ1) is 12.9. The van der Waals surface area contributed by atoms with Crippen LogP contribution in [0.4, 0.5) is 0 Å². The molecule has 0 fully saturated rings. The third kappa shape index (κ3) is 2.20. The van der Waals surface area contributed by atoms with Crippen molar-refractivity contribution in [1.29, 1.82) is 0 Å². The Kier molecular flexibility index (Phi) is 3.28. The van der Waals surface area contributed by atoms with E-state index in [9.17, 15) is 4.79 Å². The number of nitrogens with zero attached hydrogens (tertiary/aromatic N) is 1. The maximum absolute atomic E-state index is 12.1. The summed E-state index contributed by atoms with van der Waals surface area (Å²) in [4.78, 5) is 19.6. The van der Waals surface area contributed by atoms with Crippen molar-refractivity contribution in [2.45, 2.75) is 19.9 Å². The van der Waals surface area contributed by atoms with Crippen LogP contribution in [0.1, 0.15) is 16.8 Å². The molecule has 0 radical (unpaired) electrons. The van der Waals surface area contributed by atoms with Crippen molar-refractivity contribution in [3.63, 3.8) is 0 Å². The highest BCUT2D eigenvalue weighted by atomic mass is 16.5. The van der Waals surface area contributed by atoms with Crippen molar-refractivity contribution in [3.8, 4) is 17.1 Å². The van der Waals surface area contributed by atoms with E-state index >= 15 is 0 Å². The Balaban J connectivity index is 2.08. The second-order valence-corrected chi connectivity index (χ2v) is 4.95. The van der Waals surface area contributed by atoms with Crippen LogP contribution in [0.2, 0.25) is 0 Å². The van der Waals surface area contributed by atoms with E-state index in [1.165, 1.54) is 0 Å². The fourth-order valence-electron chi connectivity index (χ4n) is 2.52. The lowest BCUT2D eigenvalue weighted by Crippen LogP contribution is -2.31. The Morgan fingerprint density at radius 3 is 2.95 bits per heavy atom. The summed E-state index contributed by atoms with van der Waals surface area (Å²) in [6.45, 7) is 3.44. The number of ether oxygens (including phenoxy) is 1. The average molecular weight is 271 g/mol. The topological polar surface area (TPSA) is 67.0 Å². The number of aromatic nitrogens is 2. The molecule has 104 valence electrons. The third-order valence-corrected chi connectivity index (χ3v) is 3.61. The molecule has 20 heavy (non-hydrogen) atoms. The number of nitrogens with one attached hydrogen (secondary N) is 2. The largest absolute Gasteiger partial charge is 0.496 e. The lowest BCUT2D eigenvalue weighted by Gasteiger charge is -2.16. The molecule has 0 saturated heterocycles. The Labute approximate surface area is 117 Å². The fraction of sp³-hybridized carbons (Fsp3) is 0.333. The summed E-state index contributed by atoms with van der Waals surface area (Å²) in [6.07, 6.45) is 0.793. The Hall–Kier alpha value is -2.14. The van der Waals surface area contributed by atoms with Gasteiger partial charge in [-0.1, -0.05) is 0 Å². The first-order chi connectivity index (χ1) is 9.69. The molecule has 0 unspecified atom stereocenters. The van der Waals surface area contributed by atoms with Crippen LogP contribution in [0, 0.1) is 6.92 Å². The predicted molar refractivity (Wildman–Crippen MR) is 77.0 cm³/mol. The summed E-state index contributed by atoms with van der Waals surface area (Å²) in [5.74, 6) is 1.46. The van der Waals surface area contributed by atoms with E-state index in [4.69, 9.17) is 4.74 Å². The van der Waals surface area contributed by atoms with E-state index in [1.807, 2.05) is 25.1 Å². The monoisotopic (exact) mass is 271 g/mol. The number of aryl methyl sites for hydroxylation is 1. The van der Waals surface area contributed by atoms with Crippen LogP contribution in [0.15, 0.2) is 23.0 Å². The van der Waals surface area contributed by atoms with Crippen molar-refractivity contribution in [3.05, 3.63) is 45.4 Å². The highest BCUT2D eigenvalue weighted by Gasteiger charge is 2.16. The summed E-state index contributed by atoms with van der Waals surface area (Å²) in [6, 6.07) is 5.79. The lowest BCUT2D eigenvalue weighted by atomic mass is 10.1. The molecule has 0 atom stereocenters. The number of H-pyrrole nitrogens is 1. The number of aromatic amines is 1. The van der Waals surface area contributed by atoms with Gasteiger partial charge in [0, 0.05) is 25.1 Å². The minimum Gasteiger partial charge on any atom is -0.496 e. The first-order valence-corrected chi connectivity index (χ1v) is 6.67. The number of fused-ring (bicyclic) bond motifs is 1. The van der Waals surface area contributed by atoms with Gasteiger partial charge >= 0.3 is 0 Å². The van der Waals surface area contributed by atoms with E-state index in [-0.39, 0.29) is 5.56 Å².